The lowest BCUT2D eigenvalue weighted by Gasteiger charge is -2.41. The highest BCUT2D eigenvalue weighted by atomic mass is 19.1. The van der Waals surface area contributed by atoms with Crippen LogP contribution in [-0.2, 0) is 12.8 Å². The standard InChI is InChI=1S/C21H24FNO2/c1-3-23-8-6-15-10-16(25-9-7-22)12-17-19(15)18(23)11-14-5-4-13(2)21(24)20(14)17/h4-5,10,12,18,24H,3,6-9,11H2,1-2H3. The van der Waals surface area contributed by atoms with Crippen LogP contribution in [0.5, 0.6) is 11.5 Å². The first kappa shape index (κ1) is 16.4. The number of phenolic OH excluding ortho intramolecular Hbond substituents is 1. The van der Waals surface area contributed by atoms with Gasteiger partial charge in [-0.2, -0.15) is 0 Å². The molecule has 1 N–H and O–H groups in total. The van der Waals surface area contributed by atoms with Crippen molar-refractivity contribution in [2.45, 2.75) is 32.7 Å². The van der Waals surface area contributed by atoms with Crippen molar-refractivity contribution >= 4 is 0 Å². The normalized spacial score (nSPS) is 18.6. The molecule has 0 spiro atoms. The second-order valence-electron chi connectivity index (χ2n) is 6.94. The van der Waals surface area contributed by atoms with Crippen molar-refractivity contribution in [3.63, 3.8) is 0 Å². The van der Waals surface area contributed by atoms with Gasteiger partial charge in [-0.25, -0.2) is 4.39 Å². The zero-order valence-corrected chi connectivity index (χ0v) is 14.8. The van der Waals surface area contributed by atoms with E-state index in [4.69, 9.17) is 4.74 Å². The molecule has 132 valence electrons. The highest BCUT2D eigenvalue weighted by Crippen LogP contribution is 2.50. The van der Waals surface area contributed by atoms with Crippen molar-refractivity contribution in [2.75, 3.05) is 26.4 Å². The Kier molecular flexibility index (Phi) is 4.16. The van der Waals surface area contributed by atoms with Crippen molar-refractivity contribution in [1.29, 1.82) is 0 Å². The number of phenols is 1. The van der Waals surface area contributed by atoms with Gasteiger partial charge in [0, 0.05) is 18.2 Å². The number of aromatic hydroxyl groups is 1. The van der Waals surface area contributed by atoms with E-state index in [1.165, 1.54) is 16.7 Å². The van der Waals surface area contributed by atoms with Gasteiger partial charge >= 0.3 is 0 Å². The lowest BCUT2D eigenvalue weighted by atomic mass is 9.76. The van der Waals surface area contributed by atoms with Crippen molar-refractivity contribution in [1.82, 2.24) is 4.90 Å². The fraction of sp³-hybridized carbons (Fsp3) is 0.429. The van der Waals surface area contributed by atoms with Gasteiger partial charge in [0.1, 0.15) is 24.8 Å². The van der Waals surface area contributed by atoms with Gasteiger partial charge in [-0.05, 0) is 66.3 Å². The fourth-order valence-electron chi connectivity index (χ4n) is 4.36. The molecule has 0 amide bonds. The van der Waals surface area contributed by atoms with Crippen LogP contribution >= 0.6 is 0 Å². The second kappa shape index (κ2) is 6.34. The number of ether oxygens (including phenoxy) is 1. The molecule has 4 heteroatoms. The molecule has 1 unspecified atom stereocenters. The van der Waals surface area contributed by atoms with E-state index >= 15 is 0 Å². The van der Waals surface area contributed by atoms with E-state index < -0.39 is 6.67 Å². The molecule has 0 saturated heterocycles. The van der Waals surface area contributed by atoms with Crippen LogP contribution in [0.4, 0.5) is 4.39 Å². The van der Waals surface area contributed by atoms with E-state index in [2.05, 4.69) is 24.0 Å². The second-order valence-corrected chi connectivity index (χ2v) is 6.94. The van der Waals surface area contributed by atoms with Crippen LogP contribution < -0.4 is 4.74 Å². The van der Waals surface area contributed by atoms with E-state index in [0.29, 0.717) is 17.5 Å². The summed E-state index contributed by atoms with van der Waals surface area (Å²) < 4.78 is 18.1. The van der Waals surface area contributed by atoms with Crippen LogP contribution in [0.1, 0.15) is 35.2 Å². The quantitative estimate of drug-likeness (QED) is 0.905. The van der Waals surface area contributed by atoms with Crippen LogP contribution in [0, 0.1) is 6.92 Å². The molecule has 0 aromatic heterocycles. The molecular formula is C21H24FNO2. The molecule has 1 atom stereocenters. The van der Waals surface area contributed by atoms with Crippen LogP contribution in [0.25, 0.3) is 11.1 Å². The zero-order chi connectivity index (χ0) is 17.6. The molecule has 1 aliphatic carbocycles. The molecule has 1 aliphatic heterocycles. The first-order valence-electron chi connectivity index (χ1n) is 9.05. The highest BCUT2D eigenvalue weighted by molar-refractivity contribution is 5.82. The molecule has 4 rings (SSSR count). The van der Waals surface area contributed by atoms with Crippen LogP contribution in [-0.4, -0.2) is 36.4 Å². The van der Waals surface area contributed by atoms with E-state index in [9.17, 15) is 9.50 Å². The molecule has 25 heavy (non-hydrogen) atoms. The lowest BCUT2D eigenvalue weighted by Crippen LogP contribution is -2.38. The molecular weight excluding hydrogens is 317 g/mol. The third-order valence-electron chi connectivity index (χ3n) is 5.58. The molecule has 3 nitrogen and oxygen atoms in total. The van der Waals surface area contributed by atoms with E-state index in [-0.39, 0.29) is 6.61 Å². The van der Waals surface area contributed by atoms with Gasteiger partial charge in [0.25, 0.3) is 0 Å². The Morgan fingerprint density at radius 1 is 1.28 bits per heavy atom. The predicted molar refractivity (Wildman–Crippen MR) is 97.1 cm³/mol. The predicted octanol–water partition coefficient (Wildman–Crippen LogP) is 4.19. The minimum atomic E-state index is -0.500. The number of hydrogen-bond donors (Lipinski definition) is 1. The Bertz CT molecular complexity index is 818. The minimum absolute atomic E-state index is 0.0649. The molecule has 2 aliphatic rings. The smallest absolute Gasteiger partial charge is 0.126 e. The van der Waals surface area contributed by atoms with Gasteiger partial charge in [0.2, 0.25) is 0 Å². The lowest BCUT2D eigenvalue weighted by molar-refractivity contribution is 0.192. The maximum Gasteiger partial charge on any atom is 0.126 e. The maximum absolute atomic E-state index is 12.6. The van der Waals surface area contributed by atoms with Crippen LogP contribution in [0.3, 0.4) is 0 Å². The number of alkyl halides is 1. The van der Waals surface area contributed by atoms with Gasteiger partial charge in [0.15, 0.2) is 0 Å². The van der Waals surface area contributed by atoms with E-state index in [1.807, 2.05) is 19.1 Å². The van der Waals surface area contributed by atoms with E-state index in [1.54, 1.807) is 0 Å². The van der Waals surface area contributed by atoms with Gasteiger partial charge in [-0.1, -0.05) is 19.1 Å². The summed E-state index contributed by atoms with van der Waals surface area (Å²) in [7, 11) is 0. The SMILES string of the molecule is CCN1CCc2cc(OCCF)cc3c2C1Cc1ccc(C)c(O)c1-3. The van der Waals surface area contributed by atoms with Gasteiger partial charge in [-0.15, -0.1) is 0 Å². The average Bonchev–Trinajstić information content (AvgIpc) is 2.63. The first-order valence-corrected chi connectivity index (χ1v) is 9.05. The van der Waals surface area contributed by atoms with Crippen molar-refractivity contribution in [3.8, 4) is 22.6 Å². The first-order chi connectivity index (χ1) is 12.1. The number of fused-ring (bicyclic) bond motifs is 2. The molecule has 2 aromatic rings. The Labute approximate surface area is 148 Å². The summed E-state index contributed by atoms with van der Waals surface area (Å²) in [5.41, 5.74) is 6.62. The number of rotatable bonds is 4. The summed E-state index contributed by atoms with van der Waals surface area (Å²) in [6.07, 6.45) is 1.88. The van der Waals surface area contributed by atoms with Crippen molar-refractivity contribution in [2.24, 2.45) is 0 Å². The number of benzene rings is 2. The molecule has 1 heterocycles. The van der Waals surface area contributed by atoms with Crippen LogP contribution in [0.2, 0.25) is 0 Å². The Balaban J connectivity index is 1.94. The number of aryl methyl sites for hydroxylation is 1. The van der Waals surface area contributed by atoms with Crippen LogP contribution in [0.15, 0.2) is 24.3 Å². The van der Waals surface area contributed by atoms with Crippen molar-refractivity contribution < 1.29 is 14.2 Å². The third-order valence-corrected chi connectivity index (χ3v) is 5.58. The number of likely N-dealkylation sites (N-methyl/N-ethyl adjacent to an activating group) is 1. The van der Waals surface area contributed by atoms with Crippen molar-refractivity contribution in [3.05, 3.63) is 46.5 Å². The summed E-state index contributed by atoms with van der Waals surface area (Å²) in [6, 6.07) is 8.51. The highest BCUT2D eigenvalue weighted by Gasteiger charge is 2.35. The summed E-state index contributed by atoms with van der Waals surface area (Å²) in [5.74, 6) is 1.05. The zero-order valence-electron chi connectivity index (χ0n) is 14.8. The fourth-order valence-corrected chi connectivity index (χ4v) is 4.36. The maximum atomic E-state index is 12.6. The van der Waals surface area contributed by atoms with Gasteiger partial charge in [0.05, 0.1) is 0 Å². The number of halogens is 1. The topological polar surface area (TPSA) is 32.7 Å². The molecule has 0 saturated carbocycles. The summed E-state index contributed by atoms with van der Waals surface area (Å²) in [4.78, 5) is 2.51. The van der Waals surface area contributed by atoms with Gasteiger partial charge < -0.3 is 9.84 Å². The number of nitrogens with zero attached hydrogens (tertiary/aromatic N) is 1. The third kappa shape index (κ3) is 2.60. The Morgan fingerprint density at radius 3 is 2.88 bits per heavy atom. The monoisotopic (exact) mass is 341 g/mol. The summed E-state index contributed by atoms with van der Waals surface area (Å²) >= 11 is 0. The van der Waals surface area contributed by atoms with E-state index in [0.717, 1.165) is 42.6 Å². The minimum Gasteiger partial charge on any atom is -0.507 e. The largest absolute Gasteiger partial charge is 0.507 e. The summed E-state index contributed by atoms with van der Waals surface area (Å²) in [5, 5.41) is 10.7. The molecule has 0 fully saturated rings. The number of hydrogen-bond acceptors (Lipinski definition) is 3. The average molecular weight is 341 g/mol. The van der Waals surface area contributed by atoms with Gasteiger partial charge in [-0.3, -0.25) is 4.90 Å². The molecule has 0 bridgehead atoms. The Morgan fingerprint density at radius 2 is 2.12 bits per heavy atom. The Hall–Kier alpha value is -2.07. The summed E-state index contributed by atoms with van der Waals surface area (Å²) in [6.45, 7) is 5.72. The molecule has 0 radical (unpaired) electrons. The molecule has 2 aromatic carbocycles.